The Labute approximate surface area is 220 Å². The second-order valence-electron chi connectivity index (χ2n) is 7.47. The van der Waals surface area contributed by atoms with Crippen molar-refractivity contribution in [1.82, 2.24) is 5.32 Å². The molecule has 11 heteroatoms. The fourth-order valence-electron chi connectivity index (χ4n) is 3.43. The molecule has 184 valence electrons. The Balaban J connectivity index is 1.65. The van der Waals surface area contributed by atoms with E-state index in [-0.39, 0.29) is 28.8 Å². The summed E-state index contributed by atoms with van der Waals surface area (Å²) in [5.41, 5.74) is 0.263. The number of barbiturate groups is 1. The predicted molar refractivity (Wildman–Crippen MR) is 134 cm³/mol. The first-order chi connectivity index (χ1) is 17.2. The van der Waals surface area contributed by atoms with Gasteiger partial charge in [-0.15, -0.1) is 0 Å². The number of amides is 4. The maximum atomic E-state index is 14.3. The molecule has 0 unspecified atom stereocenters. The molecule has 0 spiro atoms. The van der Waals surface area contributed by atoms with Crippen molar-refractivity contribution in [3.8, 4) is 11.5 Å². The van der Waals surface area contributed by atoms with Gasteiger partial charge >= 0.3 is 6.03 Å². The molecule has 0 aliphatic carbocycles. The van der Waals surface area contributed by atoms with E-state index >= 15 is 0 Å². The standard InChI is InChI=1S/C25H16Cl3FN2O5/c1-35-21-10-13(9-18(28)22(21)36-12-14-6-7-15(26)11-17(14)27)8-16-23(32)30-25(34)31(24(16)33)20-5-3-2-4-19(20)29/h2-11H,12H2,1H3,(H,30,32,34)/b16-8-. The summed E-state index contributed by atoms with van der Waals surface area (Å²) in [7, 11) is 1.39. The van der Waals surface area contributed by atoms with Crippen LogP contribution in [0.1, 0.15) is 11.1 Å². The van der Waals surface area contributed by atoms with Crippen LogP contribution in [-0.2, 0) is 16.2 Å². The van der Waals surface area contributed by atoms with Crippen LogP contribution < -0.4 is 19.7 Å². The summed E-state index contributed by atoms with van der Waals surface area (Å²) in [4.78, 5) is 38.3. The Morgan fingerprint density at radius 3 is 2.44 bits per heavy atom. The summed E-state index contributed by atoms with van der Waals surface area (Å²) >= 11 is 18.5. The topological polar surface area (TPSA) is 84.9 Å². The summed E-state index contributed by atoms with van der Waals surface area (Å²) in [6, 6.07) is 12.0. The monoisotopic (exact) mass is 548 g/mol. The van der Waals surface area contributed by atoms with Crippen LogP contribution in [0.15, 0.2) is 60.2 Å². The highest BCUT2D eigenvalue weighted by atomic mass is 35.5. The van der Waals surface area contributed by atoms with Crippen LogP contribution in [-0.4, -0.2) is 25.0 Å². The van der Waals surface area contributed by atoms with E-state index in [9.17, 15) is 18.8 Å². The number of methoxy groups -OCH3 is 1. The number of anilines is 1. The lowest BCUT2D eigenvalue weighted by Crippen LogP contribution is -2.54. The maximum absolute atomic E-state index is 14.3. The average Bonchev–Trinajstić information content (AvgIpc) is 2.83. The van der Waals surface area contributed by atoms with E-state index in [1.165, 1.54) is 43.5 Å². The van der Waals surface area contributed by atoms with Crippen molar-refractivity contribution >= 4 is 64.4 Å². The van der Waals surface area contributed by atoms with Gasteiger partial charge in [0.15, 0.2) is 11.5 Å². The van der Waals surface area contributed by atoms with Crippen molar-refractivity contribution < 1.29 is 28.2 Å². The lowest BCUT2D eigenvalue weighted by atomic mass is 10.1. The molecule has 0 atom stereocenters. The molecule has 0 radical (unpaired) electrons. The Hall–Kier alpha value is -3.59. The van der Waals surface area contributed by atoms with Crippen molar-refractivity contribution in [3.63, 3.8) is 0 Å². The number of rotatable bonds is 6. The average molecular weight is 550 g/mol. The zero-order valence-electron chi connectivity index (χ0n) is 18.5. The summed E-state index contributed by atoms with van der Waals surface area (Å²) in [6.45, 7) is 0.0626. The predicted octanol–water partition coefficient (Wildman–Crippen LogP) is 6.04. The molecule has 1 saturated heterocycles. The van der Waals surface area contributed by atoms with E-state index in [0.29, 0.717) is 26.1 Å². The molecule has 4 amide bonds. The zero-order valence-corrected chi connectivity index (χ0v) is 20.7. The summed E-state index contributed by atoms with van der Waals surface area (Å²) < 4.78 is 25.5. The fraction of sp³-hybridized carbons (Fsp3) is 0.0800. The van der Waals surface area contributed by atoms with Gasteiger partial charge in [0.25, 0.3) is 11.8 Å². The number of carbonyl (C=O) groups excluding carboxylic acids is 3. The van der Waals surface area contributed by atoms with E-state index in [1.54, 1.807) is 18.2 Å². The van der Waals surface area contributed by atoms with E-state index in [4.69, 9.17) is 44.3 Å². The normalized spacial score (nSPS) is 14.8. The molecular weight excluding hydrogens is 534 g/mol. The van der Waals surface area contributed by atoms with Crippen LogP contribution in [0.2, 0.25) is 15.1 Å². The quantitative estimate of drug-likeness (QED) is 0.299. The Bertz CT molecular complexity index is 1430. The minimum Gasteiger partial charge on any atom is -0.493 e. The van der Waals surface area contributed by atoms with Crippen molar-refractivity contribution in [2.24, 2.45) is 0 Å². The Morgan fingerprint density at radius 2 is 1.75 bits per heavy atom. The number of nitrogens with one attached hydrogen (secondary N) is 1. The van der Waals surface area contributed by atoms with Crippen molar-refractivity contribution in [2.45, 2.75) is 6.61 Å². The zero-order chi connectivity index (χ0) is 26.0. The molecule has 3 aromatic carbocycles. The highest BCUT2D eigenvalue weighted by molar-refractivity contribution is 6.39. The first-order valence-corrected chi connectivity index (χ1v) is 11.4. The van der Waals surface area contributed by atoms with Crippen LogP contribution in [0.4, 0.5) is 14.9 Å². The summed E-state index contributed by atoms with van der Waals surface area (Å²) in [5, 5.41) is 3.05. The van der Waals surface area contributed by atoms with Gasteiger partial charge in [0.05, 0.1) is 17.8 Å². The van der Waals surface area contributed by atoms with Crippen molar-refractivity contribution in [3.05, 3.63) is 92.2 Å². The molecule has 7 nitrogen and oxygen atoms in total. The third-order valence-electron chi connectivity index (χ3n) is 5.14. The Kier molecular flexibility index (Phi) is 7.49. The molecule has 0 bridgehead atoms. The molecule has 1 N–H and O–H groups in total. The van der Waals surface area contributed by atoms with Gasteiger partial charge in [-0.1, -0.05) is 53.0 Å². The number of benzene rings is 3. The van der Waals surface area contributed by atoms with Gasteiger partial charge in [-0.25, -0.2) is 14.1 Å². The van der Waals surface area contributed by atoms with E-state index in [0.717, 1.165) is 6.07 Å². The van der Waals surface area contributed by atoms with E-state index in [1.807, 2.05) is 5.32 Å². The molecule has 0 aromatic heterocycles. The van der Waals surface area contributed by atoms with Crippen LogP contribution in [0.25, 0.3) is 6.08 Å². The lowest BCUT2D eigenvalue weighted by molar-refractivity contribution is -0.122. The van der Waals surface area contributed by atoms with Crippen molar-refractivity contribution in [1.29, 1.82) is 0 Å². The molecule has 1 aliphatic rings. The van der Waals surface area contributed by atoms with Crippen molar-refractivity contribution in [2.75, 3.05) is 12.0 Å². The van der Waals surface area contributed by atoms with E-state index in [2.05, 4.69) is 0 Å². The minimum absolute atomic E-state index is 0.0626. The van der Waals surface area contributed by atoms with Gasteiger partial charge < -0.3 is 9.47 Å². The van der Waals surface area contributed by atoms with Gasteiger partial charge in [0, 0.05) is 15.6 Å². The number of halogens is 4. The molecule has 0 saturated carbocycles. The van der Waals surface area contributed by atoms with Gasteiger partial charge in [-0.2, -0.15) is 0 Å². The Morgan fingerprint density at radius 1 is 1.00 bits per heavy atom. The molecule has 3 aromatic rings. The van der Waals surface area contributed by atoms with Gasteiger partial charge in [0.1, 0.15) is 18.0 Å². The number of nitrogens with zero attached hydrogens (tertiary/aromatic N) is 1. The molecule has 1 aliphatic heterocycles. The molecule has 1 fully saturated rings. The second-order valence-corrected chi connectivity index (χ2v) is 8.72. The number of para-hydroxylation sites is 1. The van der Waals surface area contributed by atoms with Crippen LogP contribution >= 0.6 is 34.8 Å². The minimum atomic E-state index is -1.06. The molecular formula is C25H16Cl3FN2O5. The number of carbonyl (C=O) groups is 3. The number of hydrogen-bond acceptors (Lipinski definition) is 5. The third-order valence-corrected chi connectivity index (χ3v) is 6.01. The first kappa shape index (κ1) is 25.5. The SMILES string of the molecule is COc1cc(/C=C2/C(=O)NC(=O)N(c3ccccc3F)C2=O)cc(Cl)c1OCc1ccc(Cl)cc1Cl. The van der Waals surface area contributed by atoms with Crippen LogP contribution in [0.5, 0.6) is 11.5 Å². The van der Waals surface area contributed by atoms with Crippen LogP contribution in [0, 0.1) is 5.82 Å². The first-order valence-electron chi connectivity index (χ1n) is 10.3. The van der Waals surface area contributed by atoms with Gasteiger partial charge in [-0.05, 0) is 48.0 Å². The van der Waals surface area contributed by atoms with Gasteiger partial charge in [-0.3, -0.25) is 14.9 Å². The highest BCUT2D eigenvalue weighted by Crippen LogP contribution is 2.38. The summed E-state index contributed by atoms with van der Waals surface area (Å²) in [6.07, 6.45) is 1.21. The smallest absolute Gasteiger partial charge is 0.336 e. The third kappa shape index (κ3) is 5.16. The second kappa shape index (κ2) is 10.6. The molecule has 36 heavy (non-hydrogen) atoms. The number of ether oxygens (including phenoxy) is 2. The largest absolute Gasteiger partial charge is 0.493 e. The maximum Gasteiger partial charge on any atom is 0.336 e. The fourth-order valence-corrected chi connectivity index (χ4v) is 4.16. The molecule has 1 heterocycles. The number of imide groups is 2. The molecule has 4 rings (SSSR count). The van der Waals surface area contributed by atoms with E-state index < -0.39 is 29.2 Å². The van der Waals surface area contributed by atoms with Crippen LogP contribution in [0.3, 0.4) is 0 Å². The number of urea groups is 1. The lowest BCUT2D eigenvalue weighted by Gasteiger charge is -2.26. The summed E-state index contributed by atoms with van der Waals surface area (Å²) in [5.74, 6) is -2.33. The van der Waals surface area contributed by atoms with Gasteiger partial charge in [0.2, 0.25) is 0 Å². The number of hydrogen-bond donors (Lipinski definition) is 1. The highest BCUT2D eigenvalue weighted by Gasteiger charge is 2.38.